The molecule has 2 nitrogen and oxygen atoms in total. The maximum Gasteiger partial charge on any atom is 0.0498 e. The highest BCUT2D eigenvalue weighted by Crippen LogP contribution is 2.26. The van der Waals surface area contributed by atoms with Crippen molar-refractivity contribution in [3.05, 3.63) is 65.2 Å². The van der Waals surface area contributed by atoms with Crippen LogP contribution in [-0.2, 0) is 0 Å². The van der Waals surface area contributed by atoms with Crippen LogP contribution in [0.3, 0.4) is 0 Å². The molecule has 2 aromatic rings. The van der Waals surface area contributed by atoms with Gasteiger partial charge in [-0.25, -0.2) is 0 Å². The van der Waals surface area contributed by atoms with Gasteiger partial charge in [0, 0.05) is 31.4 Å². The molecule has 0 radical (unpaired) electrons. The number of anilines is 1. The van der Waals surface area contributed by atoms with Crippen LogP contribution in [0.2, 0.25) is 0 Å². The van der Waals surface area contributed by atoms with Gasteiger partial charge in [0.15, 0.2) is 0 Å². The van der Waals surface area contributed by atoms with Crippen LogP contribution in [-0.4, -0.2) is 19.6 Å². The molecule has 0 amide bonds. The summed E-state index contributed by atoms with van der Waals surface area (Å²) in [5.41, 5.74) is 5.54. The van der Waals surface area contributed by atoms with Crippen LogP contribution in [0.4, 0.5) is 5.69 Å². The second kappa shape index (κ2) is 5.68. The number of piperazine rings is 1. The first-order valence-corrected chi connectivity index (χ1v) is 7.35. The molecule has 0 aromatic heterocycles. The Morgan fingerprint density at radius 3 is 2.60 bits per heavy atom. The topological polar surface area (TPSA) is 15.3 Å². The molecule has 1 unspecified atom stereocenters. The number of benzene rings is 2. The van der Waals surface area contributed by atoms with Crippen molar-refractivity contribution in [2.24, 2.45) is 0 Å². The monoisotopic (exact) mass is 266 g/mol. The Kier molecular flexibility index (Phi) is 3.75. The normalized spacial score (nSPS) is 19.1. The van der Waals surface area contributed by atoms with E-state index in [1.165, 1.54) is 22.4 Å². The first kappa shape index (κ1) is 13.2. The molecule has 2 heteroatoms. The van der Waals surface area contributed by atoms with Gasteiger partial charge in [-0.15, -0.1) is 0 Å². The van der Waals surface area contributed by atoms with E-state index in [1.807, 2.05) is 0 Å². The van der Waals surface area contributed by atoms with Crippen LogP contribution in [0.25, 0.3) is 0 Å². The summed E-state index contributed by atoms with van der Waals surface area (Å²) in [6.07, 6.45) is 0. The Hall–Kier alpha value is -1.80. The zero-order chi connectivity index (χ0) is 13.9. The van der Waals surface area contributed by atoms with Crippen molar-refractivity contribution in [1.82, 2.24) is 5.32 Å². The molecular formula is C18H22N2. The van der Waals surface area contributed by atoms with E-state index in [1.54, 1.807) is 0 Å². The predicted octanol–water partition coefficient (Wildman–Crippen LogP) is 3.45. The van der Waals surface area contributed by atoms with E-state index in [2.05, 4.69) is 72.6 Å². The van der Waals surface area contributed by atoms with Gasteiger partial charge in [0.2, 0.25) is 0 Å². The molecule has 1 saturated heterocycles. The molecule has 1 aliphatic heterocycles. The highest BCUT2D eigenvalue weighted by molar-refractivity contribution is 5.56. The standard InChI is InChI=1S/C18H22N2/c1-14-7-6-10-18(15(14)2)20-12-11-19-17(13-20)16-8-4-3-5-9-16/h3-10,17,19H,11-13H2,1-2H3. The summed E-state index contributed by atoms with van der Waals surface area (Å²) in [5.74, 6) is 0. The smallest absolute Gasteiger partial charge is 0.0498 e. The van der Waals surface area contributed by atoms with Gasteiger partial charge in [0.05, 0.1) is 0 Å². The minimum Gasteiger partial charge on any atom is -0.368 e. The third-order valence-electron chi connectivity index (χ3n) is 4.29. The quantitative estimate of drug-likeness (QED) is 0.895. The zero-order valence-electron chi connectivity index (χ0n) is 12.3. The third kappa shape index (κ3) is 2.56. The van der Waals surface area contributed by atoms with E-state index in [-0.39, 0.29) is 0 Å². The van der Waals surface area contributed by atoms with E-state index in [9.17, 15) is 0 Å². The maximum atomic E-state index is 3.63. The van der Waals surface area contributed by atoms with Crippen molar-refractivity contribution < 1.29 is 0 Å². The summed E-state index contributed by atoms with van der Waals surface area (Å²) in [4.78, 5) is 2.51. The Morgan fingerprint density at radius 2 is 1.80 bits per heavy atom. The minimum absolute atomic E-state index is 0.421. The summed E-state index contributed by atoms with van der Waals surface area (Å²) in [5, 5.41) is 3.63. The molecule has 1 N–H and O–H groups in total. The van der Waals surface area contributed by atoms with Gasteiger partial charge >= 0.3 is 0 Å². The molecule has 1 heterocycles. The van der Waals surface area contributed by atoms with E-state index >= 15 is 0 Å². The van der Waals surface area contributed by atoms with Gasteiger partial charge in [0.25, 0.3) is 0 Å². The molecule has 3 rings (SSSR count). The lowest BCUT2D eigenvalue weighted by molar-refractivity contribution is 0.471. The molecule has 104 valence electrons. The van der Waals surface area contributed by atoms with Crippen molar-refractivity contribution in [2.75, 3.05) is 24.5 Å². The number of rotatable bonds is 2. The number of hydrogen-bond acceptors (Lipinski definition) is 2. The molecule has 0 aliphatic carbocycles. The Bertz CT molecular complexity index is 577. The van der Waals surface area contributed by atoms with Gasteiger partial charge in [-0.1, -0.05) is 42.5 Å². The molecule has 0 spiro atoms. The molecule has 1 fully saturated rings. The summed E-state index contributed by atoms with van der Waals surface area (Å²) in [6, 6.07) is 17.8. The molecular weight excluding hydrogens is 244 g/mol. The highest BCUT2D eigenvalue weighted by atomic mass is 15.2. The summed E-state index contributed by atoms with van der Waals surface area (Å²) < 4.78 is 0. The second-order valence-electron chi connectivity index (χ2n) is 5.58. The summed E-state index contributed by atoms with van der Waals surface area (Å²) in [6.45, 7) is 7.56. The molecule has 0 bridgehead atoms. The van der Waals surface area contributed by atoms with Crippen LogP contribution >= 0.6 is 0 Å². The van der Waals surface area contributed by atoms with Crippen LogP contribution in [0.1, 0.15) is 22.7 Å². The fourth-order valence-electron chi connectivity index (χ4n) is 2.96. The van der Waals surface area contributed by atoms with Gasteiger partial charge in [-0.05, 0) is 36.6 Å². The van der Waals surface area contributed by atoms with Crippen LogP contribution in [0.15, 0.2) is 48.5 Å². The number of hydrogen-bond donors (Lipinski definition) is 1. The third-order valence-corrected chi connectivity index (χ3v) is 4.29. The largest absolute Gasteiger partial charge is 0.368 e. The van der Waals surface area contributed by atoms with Crippen LogP contribution < -0.4 is 10.2 Å². The Morgan fingerprint density at radius 1 is 1.00 bits per heavy atom. The number of nitrogens with one attached hydrogen (secondary N) is 1. The Labute approximate surface area is 121 Å². The van der Waals surface area contributed by atoms with Crippen molar-refractivity contribution in [1.29, 1.82) is 0 Å². The lowest BCUT2D eigenvalue weighted by atomic mass is 10.0. The molecule has 1 atom stereocenters. The van der Waals surface area contributed by atoms with E-state index in [4.69, 9.17) is 0 Å². The van der Waals surface area contributed by atoms with E-state index < -0.39 is 0 Å². The predicted molar refractivity (Wildman–Crippen MR) is 85.3 cm³/mol. The lowest BCUT2D eigenvalue weighted by Crippen LogP contribution is -2.46. The summed E-state index contributed by atoms with van der Waals surface area (Å²) >= 11 is 0. The highest BCUT2D eigenvalue weighted by Gasteiger charge is 2.21. The average Bonchev–Trinajstić information content (AvgIpc) is 2.51. The van der Waals surface area contributed by atoms with Crippen molar-refractivity contribution >= 4 is 5.69 Å². The van der Waals surface area contributed by atoms with Crippen molar-refractivity contribution in [3.63, 3.8) is 0 Å². The van der Waals surface area contributed by atoms with Crippen LogP contribution in [0.5, 0.6) is 0 Å². The fourth-order valence-corrected chi connectivity index (χ4v) is 2.96. The van der Waals surface area contributed by atoms with Crippen molar-refractivity contribution in [3.8, 4) is 0 Å². The molecule has 1 aliphatic rings. The SMILES string of the molecule is Cc1cccc(N2CCNC(c3ccccc3)C2)c1C. The average molecular weight is 266 g/mol. The van der Waals surface area contributed by atoms with Gasteiger partial charge in [0.1, 0.15) is 0 Å². The van der Waals surface area contributed by atoms with E-state index in [0.29, 0.717) is 6.04 Å². The Balaban J connectivity index is 1.83. The molecule has 20 heavy (non-hydrogen) atoms. The molecule has 0 saturated carbocycles. The first-order valence-electron chi connectivity index (χ1n) is 7.35. The van der Waals surface area contributed by atoms with Gasteiger partial charge in [-0.3, -0.25) is 0 Å². The van der Waals surface area contributed by atoms with Crippen LogP contribution in [0, 0.1) is 13.8 Å². The second-order valence-corrected chi connectivity index (χ2v) is 5.58. The lowest BCUT2D eigenvalue weighted by Gasteiger charge is -2.36. The number of aryl methyl sites for hydroxylation is 1. The number of nitrogens with zero attached hydrogens (tertiary/aromatic N) is 1. The zero-order valence-corrected chi connectivity index (χ0v) is 12.3. The minimum atomic E-state index is 0.421. The maximum absolute atomic E-state index is 3.63. The van der Waals surface area contributed by atoms with Gasteiger partial charge < -0.3 is 10.2 Å². The fraction of sp³-hybridized carbons (Fsp3) is 0.333. The van der Waals surface area contributed by atoms with Gasteiger partial charge in [-0.2, -0.15) is 0 Å². The van der Waals surface area contributed by atoms with E-state index in [0.717, 1.165) is 19.6 Å². The van der Waals surface area contributed by atoms with Crippen molar-refractivity contribution in [2.45, 2.75) is 19.9 Å². The summed E-state index contributed by atoms with van der Waals surface area (Å²) in [7, 11) is 0. The first-order chi connectivity index (χ1) is 9.75. The molecule has 2 aromatic carbocycles.